The lowest BCUT2D eigenvalue weighted by Crippen LogP contribution is -2.26. The van der Waals surface area contributed by atoms with Crippen LogP contribution in [0.5, 0.6) is 5.75 Å². The summed E-state index contributed by atoms with van der Waals surface area (Å²) >= 11 is 11.9. The summed E-state index contributed by atoms with van der Waals surface area (Å²) in [5.74, 6) is 1.08. The first-order chi connectivity index (χ1) is 9.56. The second kappa shape index (κ2) is 6.83. The maximum absolute atomic E-state index is 9.85. The van der Waals surface area contributed by atoms with Crippen molar-refractivity contribution in [2.45, 2.75) is 6.10 Å². The minimum absolute atomic E-state index is 0.0866. The van der Waals surface area contributed by atoms with E-state index in [4.69, 9.17) is 27.9 Å². The van der Waals surface area contributed by atoms with Crippen molar-refractivity contribution in [3.63, 3.8) is 0 Å². The summed E-state index contributed by atoms with van der Waals surface area (Å²) in [5.41, 5.74) is 0. The van der Waals surface area contributed by atoms with E-state index in [2.05, 4.69) is 10.4 Å². The van der Waals surface area contributed by atoms with Crippen LogP contribution in [0, 0.1) is 0 Å². The second-order valence-corrected chi connectivity index (χ2v) is 5.09. The van der Waals surface area contributed by atoms with Crippen molar-refractivity contribution in [3.8, 4) is 5.75 Å². The van der Waals surface area contributed by atoms with Crippen LogP contribution in [0.1, 0.15) is 0 Å². The predicted octanol–water partition coefficient (Wildman–Crippen LogP) is 2.58. The van der Waals surface area contributed by atoms with Gasteiger partial charge in [0.05, 0.1) is 10.0 Å². The molecule has 0 spiro atoms. The Morgan fingerprint density at radius 3 is 2.65 bits per heavy atom. The molecule has 1 atom stereocenters. The Labute approximate surface area is 127 Å². The van der Waals surface area contributed by atoms with Gasteiger partial charge in [0.1, 0.15) is 18.5 Å². The number of aliphatic hydroxyl groups excluding tert-OH is 1. The number of hydrogen-bond acceptors (Lipinski definition) is 4. The topological polar surface area (TPSA) is 59.3 Å². The molecule has 2 N–H and O–H groups in total. The molecule has 0 fully saturated rings. The number of nitrogens with zero attached hydrogens (tertiary/aromatic N) is 2. The van der Waals surface area contributed by atoms with Gasteiger partial charge in [0.15, 0.2) is 5.75 Å². The molecule has 20 heavy (non-hydrogen) atoms. The summed E-state index contributed by atoms with van der Waals surface area (Å²) in [5, 5.41) is 17.8. The van der Waals surface area contributed by atoms with Gasteiger partial charge in [-0.25, -0.2) is 0 Å². The van der Waals surface area contributed by atoms with Gasteiger partial charge in [-0.15, -0.1) is 0 Å². The zero-order valence-corrected chi connectivity index (χ0v) is 12.4. The first-order valence-electron chi connectivity index (χ1n) is 6.04. The summed E-state index contributed by atoms with van der Waals surface area (Å²) < 4.78 is 7.12. The molecule has 0 saturated carbocycles. The minimum Gasteiger partial charge on any atom is -0.488 e. The molecule has 0 aliphatic heterocycles. The third kappa shape index (κ3) is 4.03. The number of nitrogens with one attached hydrogen (secondary N) is 1. The van der Waals surface area contributed by atoms with E-state index in [0.29, 0.717) is 28.2 Å². The second-order valence-electron chi connectivity index (χ2n) is 4.27. The Bertz CT molecular complexity index is 554. The zero-order chi connectivity index (χ0) is 14.5. The van der Waals surface area contributed by atoms with Crippen molar-refractivity contribution in [2.75, 3.05) is 18.5 Å². The zero-order valence-electron chi connectivity index (χ0n) is 10.9. The lowest BCUT2D eigenvalue weighted by Gasteiger charge is -2.14. The smallest absolute Gasteiger partial charge is 0.156 e. The van der Waals surface area contributed by atoms with Gasteiger partial charge in [-0.05, 0) is 12.1 Å². The SMILES string of the molecule is Cn1ccc(NCC(O)COc2c(Cl)cccc2Cl)n1. The van der Waals surface area contributed by atoms with Gasteiger partial charge in [-0.3, -0.25) is 4.68 Å². The molecule has 0 saturated heterocycles. The van der Waals surface area contributed by atoms with E-state index in [0.717, 1.165) is 0 Å². The number of rotatable bonds is 6. The van der Waals surface area contributed by atoms with E-state index in [1.807, 2.05) is 19.3 Å². The van der Waals surface area contributed by atoms with Crippen LogP contribution < -0.4 is 10.1 Å². The molecular formula is C13H15Cl2N3O2. The molecule has 1 aromatic heterocycles. The molecule has 1 aromatic carbocycles. The molecule has 1 heterocycles. The van der Waals surface area contributed by atoms with Gasteiger partial charge >= 0.3 is 0 Å². The van der Waals surface area contributed by atoms with Crippen LogP contribution in [0.4, 0.5) is 5.82 Å². The number of halogens is 2. The molecule has 7 heteroatoms. The molecule has 0 radical (unpaired) electrons. The Balaban J connectivity index is 1.81. The molecule has 108 valence electrons. The van der Waals surface area contributed by atoms with Crippen molar-refractivity contribution in [3.05, 3.63) is 40.5 Å². The molecule has 0 aliphatic carbocycles. The Morgan fingerprint density at radius 1 is 1.35 bits per heavy atom. The van der Waals surface area contributed by atoms with Gasteiger partial charge in [-0.2, -0.15) is 5.10 Å². The quantitative estimate of drug-likeness (QED) is 0.860. The third-order valence-electron chi connectivity index (χ3n) is 2.57. The minimum atomic E-state index is -0.704. The molecule has 0 bridgehead atoms. The Morgan fingerprint density at radius 2 is 2.05 bits per heavy atom. The van der Waals surface area contributed by atoms with E-state index in [1.165, 1.54) is 0 Å². The number of para-hydroxylation sites is 1. The normalized spacial score (nSPS) is 12.2. The van der Waals surface area contributed by atoms with Gasteiger partial charge in [-0.1, -0.05) is 29.3 Å². The highest BCUT2D eigenvalue weighted by molar-refractivity contribution is 6.37. The van der Waals surface area contributed by atoms with Crippen molar-refractivity contribution in [1.29, 1.82) is 0 Å². The molecule has 2 rings (SSSR count). The van der Waals surface area contributed by atoms with Crippen molar-refractivity contribution in [2.24, 2.45) is 7.05 Å². The van der Waals surface area contributed by atoms with Gasteiger partial charge in [0.25, 0.3) is 0 Å². The summed E-state index contributed by atoms with van der Waals surface area (Å²) in [6.07, 6.45) is 1.11. The Hall–Kier alpha value is -1.43. The van der Waals surface area contributed by atoms with Crippen molar-refractivity contribution in [1.82, 2.24) is 9.78 Å². The summed E-state index contributed by atoms with van der Waals surface area (Å²) in [4.78, 5) is 0. The lowest BCUT2D eigenvalue weighted by molar-refractivity contribution is 0.117. The van der Waals surface area contributed by atoms with Gasteiger partial charge in [0.2, 0.25) is 0 Å². The Kier molecular flexibility index (Phi) is 5.11. The lowest BCUT2D eigenvalue weighted by atomic mass is 10.3. The van der Waals surface area contributed by atoms with Crippen LogP contribution >= 0.6 is 23.2 Å². The van der Waals surface area contributed by atoms with E-state index >= 15 is 0 Å². The van der Waals surface area contributed by atoms with Crippen LogP contribution in [-0.2, 0) is 7.05 Å². The van der Waals surface area contributed by atoms with Gasteiger partial charge < -0.3 is 15.2 Å². The first-order valence-corrected chi connectivity index (χ1v) is 6.80. The highest BCUT2D eigenvalue weighted by atomic mass is 35.5. The highest BCUT2D eigenvalue weighted by Gasteiger charge is 2.10. The fraction of sp³-hybridized carbons (Fsp3) is 0.308. The summed E-state index contributed by atoms with van der Waals surface area (Å²) in [6.45, 7) is 0.405. The predicted molar refractivity (Wildman–Crippen MR) is 79.7 cm³/mol. The van der Waals surface area contributed by atoms with Crippen LogP contribution in [0.25, 0.3) is 0 Å². The summed E-state index contributed by atoms with van der Waals surface area (Å²) in [6, 6.07) is 6.91. The first kappa shape index (κ1) is 15.0. The van der Waals surface area contributed by atoms with Crippen LogP contribution in [0.3, 0.4) is 0 Å². The molecule has 5 nitrogen and oxygen atoms in total. The number of ether oxygens (including phenoxy) is 1. The van der Waals surface area contributed by atoms with Crippen LogP contribution in [-0.4, -0.2) is 34.1 Å². The fourth-order valence-electron chi connectivity index (χ4n) is 1.59. The third-order valence-corrected chi connectivity index (χ3v) is 3.17. The number of benzene rings is 1. The summed E-state index contributed by atoms with van der Waals surface area (Å²) in [7, 11) is 1.82. The number of hydrogen-bond donors (Lipinski definition) is 2. The van der Waals surface area contributed by atoms with E-state index < -0.39 is 6.10 Å². The maximum Gasteiger partial charge on any atom is 0.156 e. The standard InChI is InChI=1S/C13H15Cl2N3O2/c1-18-6-5-12(17-18)16-7-9(19)8-20-13-10(14)3-2-4-11(13)15/h2-6,9,19H,7-8H2,1H3,(H,16,17). The van der Waals surface area contributed by atoms with Crippen molar-refractivity contribution >= 4 is 29.0 Å². The molecule has 2 aromatic rings. The monoisotopic (exact) mass is 315 g/mol. The average Bonchev–Trinajstić information content (AvgIpc) is 2.82. The number of anilines is 1. The molecule has 1 unspecified atom stereocenters. The fourth-order valence-corrected chi connectivity index (χ4v) is 2.10. The van der Waals surface area contributed by atoms with Crippen molar-refractivity contribution < 1.29 is 9.84 Å². The maximum atomic E-state index is 9.85. The van der Waals surface area contributed by atoms with E-state index in [1.54, 1.807) is 22.9 Å². The largest absolute Gasteiger partial charge is 0.488 e. The average molecular weight is 316 g/mol. The molecule has 0 amide bonds. The number of aliphatic hydroxyl groups is 1. The van der Waals surface area contributed by atoms with Gasteiger partial charge in [0, 0.05) is 25.9 Å². The number of aromatic nitrogens is 2. The van der Waals surface area contributed by atoms with Crippen LogP contribution in [0.15, 0.2) is 30.5 Å². The van der Waals surface area contributed by atoms with E-state index in [9.17, 15) is 5.11 Å². The molecular weight excluding hydrogens is 301 g/mol. The highest BCUT2D eigenvalue weighted by Crippen LogP contribution is 2.32. The number of aryl methyl sites for hydroxylation is 1. The van der Waals surface area contributed by atoms with E-state index in [-0.39, 0.29) is 6.61 Å². The van der Waals surface area contributed by atoms with Crippen LogP contribution in [0.2, 0.25) is 10.0 Å². The molecule has 0 aliphatic rings.